The second kappa shape index (κ2) is 6.32. The zero-order valence-corrected chi connectivity index (χ0v) is 12.4. The smallest absolute Gasteiger partial charge is 0.124 e. The van der Waals surface area contributed by atoms with Gasteiger partial charge in [0.25, 0.3) is 0 Å². The lowest BCUT2D eigenvalue weighted by molar-refractivity contribution is -0.129. The Hall–Kier alpha value is -1.13. The summed E-state index contributed by atoms with van der Waals surface area (Å²) in [4.78, 5) is 0. The van der Waals surface area contributed by atoms with Gasteiger partial charge in [0, 0.05) is 24.9 Å². The lowest BCUT2D eigenvalue weighted by Gasteiger charge is -2.43. The molecule has 1 aliphatic carbocycles. The molecular weight excluding hydrogens is 269 g/mol. The molecule has 4 heteroatoms. The highest BCUT2D eigenvalue weighted by atomic mass is 19.1. The molecule has 0 aromatic heterocycles. The fourth-order valence-corrected chi connectivity index (χ4v) is 3.63. The van der Waals surface area contributed by atoms with Crippen molar-refractivity contribution in [2.45, 2.75) is 63.2 Å². The van der Waals surface area contributed by atoms with Crippen molar-refractivity contribution in [3.05, 3.63) is 29.6 Å². The van der Waals surface area contributed by atoms with Crippen LogP contribution in [0.2, 0.25) is 0 Å². The Morgan fingerprint density at radius 3 is 2.86 bits per heavy atom. The highest BCUT2D eigenvalue weighted by molar-refractivity contribution is 5.34. The predicted molar refractivity (Wildman–Crippen MR) is 79.7 cm³/mol. The van der Waals surface area contributed by atoms with Crippen molar-refractivity contribution >= 4 is 0 Å². The summed E-state index contributed by atoms with van der Waals surface area (Å²) >= 11 is 0. The molecule has 1 heterocycles. The van der Waals surface area contributed by atoms with E-state index in [-0.39, 0.29) is 17.5 Å². The van der Waals surface area contributed by atoms with E-state index in [2.05, 4.69) is 0 Å². The van der Waals surface area contributed by atoms with Crippen LogP contribution in [0.25, 0.3) is 0 Å². The molecule has 3 nitrogen and oxygen atoms in total. The average Bonchev–Trinajstić information content (AvgIpc) is 2.50. The van der Waals surface area contributed by atoms with E-state index in [9.17, 15) is 4.39 Å². The van der Waals surface area contributed by atoms with E-state index < -0.39 is 0 Å². The minimum Gasteiger partial charge on any atom is -0.490 e. The molecule has 0 amide bonds. The van der Waals surface area contributed by atoms with Crippen LogP contribution in [0.1, 0.15) is 50.5 Å². The first-order valence-corrected chi connectivity index (χ1v) is 8.00. The van der Waals surface area contributed by atoms with Crippen LogP contribution in [0.15, 0.2) is 18.2 Å². The monoisotopic (exact) mass is 293 g/mol. The van der Waals surface area contributed by atoms with Gasteiger partial charge in [-0.3, -0.25) is 0 Å². The Morgan fingerprint density at radius 2 is 2.10 bits per heavy atom. The summed E-state index contributed by atoms with van der Waals surface area (Å²) in [6, 6.07) is 4.59. The van der Waals surface area contributed by atoms with Gasteiger partial charge in [0.1, 0.15) is 17.7 Å². The third-order valence-electron chi connectivity index (χ3n) is 4.75. The van der Waals surface area contributed by atoms with Crippen LogP contribution >= 0.6 is 0 Å². The maximum Gasteiger partial charge on any atom is 0.124 e. The molecule has 1 aromatic carbocycles. The van der Waals surface area contributed by atoms with Gasteiger partial charge >= 0.3 is 0 Å². The molecule has 0 radical (unpaired) electrons. The predicted octanol–water partition coefficient (Wildman–Crippen LogP) is 3.55. The van der Waals surface area contributed by atoms with Crippen molar-refractivity contribution < 1.29 is 13.9 Å². The number of benzene rings is 1. The molecule has 3 rings (SSSR count). The number of halogens is 1. The van der Waals surface area contributed by atoms with Gasteiger partial charge in [-0.15, -0.1) is 0 Å². The summed E-state index contributed by atoms with van der Waals surface area (Å²) in [6.45, 7) is 1.05. The molecule has 2 N–H and O–H groups in total. The second-order valence-electron chi connectivity index (χ2n) is 6.28. The molecule has 1 unspecified atom stereocenters. The van der Waals surface area contributed by atoms with E-state index in [1.807, 2.05) is 0 Å². The molecule has 2 aliphatic rings. The van der Waals surface area contributed by atoms with Gasteiger partial charge in [0.15, 0.2) is 0 Å². The van der Waals surface area contributed by atoms with E-state index in [1.54, 1.807) is 6.07 Å². The number of nitrogens with two attached hydrogens (primary N) is 1. The Kier molecular flexibility index (Phi) is 4.45. The third-order valence-corrected chi connectivity index (χ3v) is 4.75. The first-order chi connectivity index (χ1) is 10.2. The maximum atomic E-state index is 13.3. The molecule has 0 bridgehead atoms. The number of hydrogen-bond acceptors (Lipinski definition) is 3. The second-order valence-corrected chi connectivity index (χ2v) is 6.28. The van der Waals surface area contributed by atoms with Gasteiger partial charge < -0.3 is 15.2 Å². The lowest BCUT2D eigenvalue weighted by Crippen LogP contribution is -2.45. The van der Waals surface area contributed by atoms with Crippen LogP contribution < -0.4 is 10.5 Å². The zero-order chi connectivity index (χ0) is 14.7. The first-order valence-electron chi connectivity index (χ1n) is 8.00. The largest absolute Gasteiger partial charge is 0.490 e. The standard InChI is InChI=1S/C17H24FNO2/c18-14-4-5-16(13(10-14)12-19)21-15-6-9-20-17(11-15)7-2-1-3-8-17/h4-5,10,15H,1-3,6-9,11-12,19H2. The van der Waals surface area contributed by atoms with Crippen molar-refractivity contribution in [1.29, 1.82) is 0 Å². The molecule has 1 spiro atoms. The Labute approximate surface area is 125 Å². The minimum absolute atomic E-state index is 0.0179. The van der Waals surface area contributed by atoms with Crippen LogP contribution in [0.5, 0.6) is 5.75 Å². The maximum absolute atomic E-state index is 13.3. The van der Waals surface area contributed by atoms with Crippen molar-refractivity contribution in [3.8, 4) is 5.75 Å². The van der Waals surface area contributed by atoms with Crippen LogP contribution in [-0.4, -0.2) is 18.3 Å². The number of ether oxygens (including phenoxy) is 2. The van der Waals surface area contributed by atoms with E-state index in [4.69, 9.17) is 15.2 Å². The lowest BCUT2D eigenvalue weighted by atomic mass is 9.79. The fraction of sp³-hybridized carbons (Fsp3) is 0.647. The van der Waals surface area contributed by atoms with Crippen LogP contribution in [0, 0.1) is 5.82 Å². The van der Waals surface area contributed by atoms with Crippen molar-refractivity contribution in [3.63, 3.8) is 0 Å². The van der Waals surface area contributed by atoms with Crippen LogP contribution in [0.4, 0.5) is 4.39 Å². The summed E-state index contributed by atoms with van der Waals surface area (Å²) in [6.07, 6.45) is 8.06. The topological polar surface area (TPSA) is 44.5 Å². The van der Waals surface area contributed by atoms with Crippen molar-refractivity contribution in [2.24, 2.45) is 5.73 Å². The summed E-state index contributed by atoms with van der Waals surface area (Å²) in [5.74, 6) is 0.454. The van der Waals surface area contributed by atoms with Gasteiger partial charge in [0.05, 0.1) is 12.2 Å². The van der Waals surface area contributed by atoms with E-state index in [1.165, 1.54) is 31.4 Å². The number of hydrogen-bond donors (Lipinski definition) is 1. The van der Waals surface area contributed by atoms with Crippen molar-refractivity contribution in [1.82, 2.24) is 0 Å². The van der Waals surface area contributed by atoms with E-state index in [0.29, 0.717) is 6.54 Å². The van der Waals surface area contributed by atoms with Gasteiger partial charge in [-0.1, -0.05) is 19.3 Å². The molecule has 1 aromatic rings. The Morgan fingerprint density at radius 1 is 1.29 bits per heavy atom. The van der Waals surface area contributed by atoms with Crippen LogP contribution in [0.3, 0.4) is 0 Å². The minimum atomic E-state index is -0.265. The molecule has 1 atom stereocenters. The van der Waals surface area contributed by atoms with E-state index >= 15 is 0 Å². The normalized spacial score (nSPS) is 25.0. The molecule has 116 valence electrons. The molecule has 1 aliphatic heterocycles. The molecule has 21 heavy (non-hydrogen) atoms. The van der Waals surface area contributed by atoms with Gasteiger partial charge in [-0.25, -0.2) is 4.39 Å². The molecule has 1 saturated heterocycles. The highest BCUT2D eigenvalue weighted by Gasteiger charge is 2.39. The SMILES string of the molecule is NCc1cc(F)ccc1OC1CCOC2(CCCCC2)C1. The molecule has 2 fully saturated rings. The van der Waals surface area contributed by atoms with E-state index in [0.717, 1.165) is 43.6 Å². The highest BCUT2D eigenvalue weighted by Crippen LogP contribution is 2.39. The van der Waals surface area contributed by atoms with Crippen LogP contribution in [-0.2, 0) is 11.3 Å². The average molecular weight is 293 g/mol. The number of rotatable bonds is 3. The van der Waals surface area contributed by atoms with Gasteiger partial charge in [-0.05, 0) is 31.0 Å². The quantitative estimate of drug-likeness (QED) is 0.927. The first kappa shape index (κ1) is 14.8. The summed E-state index contributed by atoms with van der Waals surface area (Å²) < 4.78 is 25.5. The fourth-order valence-electron chi connectivity index (χ4n) is 3.63. The molecule has 1 saturated carbocycles. The summed E-state index contributed by atoms with van der Waals surface area (Å²) in [5.41, 5.74) is 6.44. The summed E-state index contributed by atoms with van der Waals surface area (Å²) in [5, 5.41) is 0. The molecular formula is C17H24FNO2. The van der Waals surface area contributed by atoms with Gasteiger partial charge in [0.2, 0.25) is 0 Å². The zero-order valence-electron chi connectivity index (χ0n) is 12.4. The van der Waals surface area contributed by atoms with Gasteiger partial charge in [-0.2, -0.15) is 0 Å². The third kappa shape index (κ3) is 3.38. The van der Waals surface area contributed by atoms with Crippen molar-refractivity contribution in [2.75, 3.05) is 6.61 Å². The summed E-state index contributed by atoms with van der Waals surface area (Å²) in [7, 11) is 0. The Balaban J connectivity index is 1.70. The Bertz CT molecular complexity index is 480.